The lowest BCUT2D eigenvalue weighted by Crippen LogP contribution is -2.16. The topological polar surface area (TPSA) is 71.7 Å². The highest BCUT2D eigenvalue weighted by Crippen LogP contribution is 2.08. The summed E-state index contributed by atoms with van der Waals surface area (Å²) in [6.07, 6.45) is 0.720. The third kappa shape index (κ3) is 2.85. The van der Waals surface area contributed by atoms with Gasteiger partial charge in [-0.05, 0) is 31.3 Å². The first-order chi connectivity index (χ1) is 8.16. The molecule has 0 bridgehead atoms. The maximum absolute atomic E-state index is 5.69. The second-order valence-electron chi connectivity index (χ2n) is 3.86. The van der Waals surface area contributed by atoms with Gasteiger partial charge in [0.1, 0.15) is 0 Å². The van der Waals surface area contributed by atoms with Gasteiger partial charge >= 0.3 is 0 Å². The summed E-state index contributed by atoms with van der Waals surface area (Å²) in [5, 5.41) is 10.00. The SMILES string of the molecule is Cc1ccc(NCCc2n[nH]c(=S)n2N)cc1. The summed E-state index contributed by atoms with van der Waals surface area (Å²) in [7, 11) is 0. The zero-order valence-electron chi connectivity index (χ0n) is 9.60. The molecule has 5 nitrogen and oxygen atoms in total. The monoisotopic (exact) mass is 249 g/mol. The highest BCUT2D eigenvalue weighted by Gasteiger charge is 2.01. The van der Waals surface area contributed by atoms with E-state index in [1.807, 2.05) is 0 Å². The highest BCUT2D eigenvalue weighted by atomic mass is 32.1. The number of nitrogens with one attached hydrogen (secondary N) is 2. The molecule has 1 aromatic heterocycles. The molecule has 2 aromatic rings. The van der Waals surface area contributed by atoms with Crippen molar-refractivity contribution in [2.45, 2.75) is 13.3 Å². The van der Waals surface area contributed by atoms with Crippen molar-refractivity contribution in [1.29, 1.82) is 0 Å². The standard InChI is InChI=1S/C11H15N5S/c1-8-2-4-9(5-3-8)13-7-6-10-14-15-11(17)16(10)12/h2-5,13H,6-7,12H2,1H3,(H,15,17). The summed E-state index contributed by atoms with van der Waals surface area (Å²) >= 11 is 4.93. The number of hydrogen-bond acceptors (Lipinski definition) is 4. The number of aromatic amines is 1. The van der Waals surface area contributed by atoms with Gasteiger partial charge in [0.25, 0.3) is 0 Å². The minimum absolute atomic E-state index is 0.440. The van der Waals surface area contributed by atoms with Crippen LogP contribution < -0.4 is 11.2 Å². The third-order valence-electron chi connectivity index (χ3n) is 2.51. The van der Waals surface area contributed by atoms with Crippen molar-refractivity contribution in [2.24, 2.45) is 0 Å². The fraction of sp³-hybridized carbons (Fsp3) is 0.273. The van der Waals surface area contributed by atoms with Crippen molar-refractivity contribution in [3.05, 3.63) is 40.4 Å². The molecule has 0 aliphatic heterocycles. The Morgan fingerprint density at radius 3 is 2.71 bits per heavy atom. The Hall–Kier alpha value is -1.82. The molecular formula is C11H15N5S. The molecule has 0 fully saturated rings. The summed E-state index contributed by atoms with van der Waals surface area (Å²) in [5.74, 6) is 6.44. The smallest absolute Gasteiger partial charge is 0.214 e. The molecule has 2 rings (SSSR count). The van der Waals surface area contributed by atoms with E-state index in [2.05, 4.69) is 46.7 Å². The summed E-state index contributed by atoms with van der Waals surface area (Å²) in [6.45, 7) is 2.83. The fourth-order valence-electron chi connectivity index (χ4n) is 1.50. The van der Waals surface area contributed by atoms with E-state index in [0.29, 0.717) is 4.77 Å². The minimum Gasteiger partial charge on any atom is -0.385 e. The lowest BCUT2D eigenvalue weighted by molar-refractivity contribution is 0.824. The second-order valence-corrected chi connectivity index (χ2v) is 4.24. The lowest BCUT2D eigenvalue weighted by Gasteiger charge is -2.06. The van der Waals surface area contributed by atoms with Crippen LogP contribution in [0.2, 0.25) is 0 Å². The van der Waals surface area contributed by atoms with E-state index in [1.54, 1.807) is 0 Å². The third-order valence-corrected chi connectivity index (χ3v) is 2.79. The van der Waals surface area contributed by atoms with Crippen LogP contribution in [-0.2, 0) is 6.42 Å². The van der Waals surface area contributed by atoms with E-state index >= 15 is 0 Å². The molecule has 0 aliphatic rings. The molecular weight excluding hydrogens is 234 g/mol. The van der Waals surface area contributed by atoms with Gasteiger partial charge in [-0.3, -0.25) is 5.10 Å². The average Bonchev–Trinajstić information content (AvgIpc) is 2.64. The van der Waals surface area contributed by atoms with Crippen molar-refractivity contribution in [1.82, 2.24) is 14.9 Å². The number of nitrogens with two attached hydrogens (primary N) is 1. The quantitative estimate of drug-likeness (QED) is 0.569. The first kappa shape index (κ1) is 11.7. The fourth-order valence-corrected chi connectivity index (χ4v) is 1.65. The van der Waals surface area contributed by atoms with Crippen molar-refractivity contribution in [2.75, 3.05) is 17.7 Å². The van der Waals surface area contributed by atoms with Crippen molar-refractivity contribution in [3.8, 4) is 0 Å². The van der Waals surface area contributed by atoms with Crippen LogP contribution in [0, 0.1) is 11.7 Å². The Morgan fingerprint density at radius 1 is 1.41 bits per heavy atom. The van der Waals surface area contributed by atoms with Crippen LogP contribution in [0.25, 0.3) is 0 Å². The van der Waals surface area contributed by atoms with Crippen LogP contribution in [0.1, 0.15) is 11.4 Å². The number of nitrogen functional groups attached to an aromatic ring is 1. The number of aromatic nitrogens is 3. The molecule has 0 radical (unpaired) electrons. The molecule has 0 unspecified atom stereocenters. The summed E-state index contributed by atoms with van der Waals surface area (Å²) in [6, 6.07) is 8.24. The molecule has 4 N–H and O–H groups in total. The Kier molecular flexibility index (Phi) is 3.43. The molecule has 0 atom stereocenters. The molecule has 1 heterocycles. The number of nitrogens with zero attached hydrogens (tertiary/aromatic N) is 2. The minimum atomic E-state index is 0.440. The zero-order chi connectivity index (χ0) is 12.3. The van der Waals surface area contributed by atoms with E-state index < -0.39 is 0 Å². The number of hydrogen-bond donors (Lipinski definition) is 3. The van der Waals surface area contributed by atoms with Gasteiger partial charge in [-0.25, -0.2) is 4.68 Å². The van der Waals surface area contributed by atoms with Crippen LogP contribution in [0.15, 0.2) is 24.3 Å². The van der Waals surface area contributed by atoms with Crippen LogP contribution in [-0.4, -0.2) is 21.4 Å². The number of H-pyrrole nitrogens is 1. The summed E-state index contributed by atoms with van der Waals surface area (Å²) in [5.41, 5.74) is 2.34. The van der Waals surface area contributed by atoms with E-state index in [1.165, 1.54) is 10.2 Å². The number of aryl methyl sites for hydroxylation is 1. The van der Waals surface area contributed by atoms with Crippen LogP contribution in [0.3, 0.4) is 0 Å². The van der Waals surface area contributed by atoms with E-state index in [9.17, 15) is 0 Å². The van der Waals surface area contributed by atoms with Gasteiger partial charge in [-0.1, -0.05) is 17.7 Å². The van der Waals surface area contributed by atoms with Crippen molar-refractivity contribution < 1.29 is 0 Å². The number of benzene rings is 1. The Bertz CT molecular complexity index is 540. The van der Waals surface area contributed by atoms with Gasteiger partial charge in [0.2, 0.25) is 4.77 Å². The van der Waals surface area contributed by atoms with Gasteiger partial charge in [-0.15, -0.1) is 0 Å². The first-order valence-corrected chi connectivity index (χ1v) is 5.79. The van der Waals surface area contributed by atoms with E-state index in [-0.39, 0.29) is 0 Å². The summed E-state index contributed by atoms with van der Waals surface area (Å²) < 4.78 is 1.84. The largest absolute Gasteiger partial charge is 0.385 e. The molecule has 1 aromatic carbocycles. The molecule has 0 saturated carbocycles. The summed E-state index contributed by atoms with van der Waals surface area (Å²) in [4.78, 5) is 0. The van der Waals surface area contributed by atoms with Crippen LogP contribution >= 0.6 is 12.2 Å². The van der Waals surface area contributed by atoms with E-state index in [4.69, 9.17) is 18.1 Å². The Morgan fingerprint density at radius 2 is 2.12 bits per heavy atom. The van der Waals surface area contributed by atoms with Gasteiger partial charge < -0.3 is 11.2 Å². The lowest BCUT2D eigenvalue weighted by atomic mass is 10.2. The van der Waals surface area contributed by atoms with Gasteiger partial charge in [0.05, 0.1) is 0 Å². The molecule has 0 aliphatic carbocycles. The van der Waals surface area contributed by atoms with E-state index in [0.717, 1.165) is 24.5 Å². The number of anilines is 1. The molecule has 0 saturated heterocycles. The maximum atomic E-state index is 5.69. The highest BCUT2D eigenvalue weighted by molar-refractivity contribution is 7.71. The van der Waals surface area contributed by atoms with Gasteiger partial charge in [0.15, 0.2) is 5.82 Å². The zero-order valence-corrected chi connectivity index (χ0v) is 10.4. The van der Waals surface area contributed by atoms with Crippen molar-refractivity contribution >= 4 is 17.9 Å². The molecule has 17 heavy (non-hydrogen) atoms. The predicted molar refractivity (Wildman–Crippen MR) is 70.9 cm³/mol. The first-order valence-electron chi connectivity index (χ1n) is 5.39. The Labute approximate surface area is 105 Å². The predicted octanol–water partition coefficient (Wildman–Crippen LogP) is 1.62. The normalized spacial score (nSPS) is 10.4. The van der Waals surface area contributed by atoms with Crippen LogP contribution in [0.5, 0.6) is 0 Å². The van der Waals surface area contributed by atoms with Crippen molar-refractivity contribution in [3.63, 3.8) is 0 Å². The van der Waals surface area contributed by atoms with Crippen LogP contribution in [0.4, 0.5) is 5.69 Å². The molecule has 0 amide bonds. The Balaban J connectivity index is 1.90. The number of rotatable bonds is 4. The average molecular weight is 249 g/mol. The molecule has 90 valence electrons. The second kappa shape index (κ2) is 5.01. The molecule has 6 heteroatoms. The van der Waals surface area contributed by atoms with Gasteiger partial charge in [-0.2, -0.15) is 5.10 Å². The molecule has 0 spiro atoms. The van der Waals surface area contributed by atoms with Gasteiger partial charge in [0, 0.05) is 18.7 Å². The maximum Gasteiger partial charge on any atom is 0.214 e.